The molecule has 0 atom stereocenters. The summed E-state index contributed by atoms with van der Waals surface area (Å²) in [7, 11) is 0.869. The van der Waals surface area contributed by atoms with Crippen molar-refractivity contribution < 1.29 is 28.1 Å². The Balaban J connectivity index is 1.94. The number of hydrogen-bond acceptors (Lipinski definition) is 6. The van der Waals surface area contributed by atoms with Crippen LogP contribution in [0.5, 0.6) is 11.5 Å². The summed E-state index contributed by atoms with van der Waals surface area (Å²) >= 11 is 6.05. The van der Waals surface area contributed by atoms with Crippen LogP contribution in [-0.4, -0.2) is 26.2 Å². The third-order valence-electron chi connectivity index (χ3n) is 2.91. The first-order valence-corrected chi connectivity index (χ1v) is 8.80. The molecule has 0 aliphatic rings. The molecule has 0 aromatic heterocycles. The maximum Gasteiger partial charge on any atom is 0.401 e. The number of ether oxygens (including phenoxy) is 2. The van der Waals surface area contributed by atoms with Crippen LogP contribution in [0.2, 0.25) is 0 Å². The molecule has 24 heavy (non-hydrogen) atoms. The minimum Gasteiger partial charge on any atom is -0.465 e. The highest BCUT2D eigenvalue weighted by molar-refractivity contribution is 7.76. The highest BCUT2D eigenvalue weighted by atomic mass is 35.7. The van der Waals surface area contributed by atoms with E-state index in [4.69, 9.17) is 20.3 Å². The summed E-state index contributed by atoms with van der Waals surface area (Å²) in [5, 5.41) is 0. The number of halogens is 1. The molecule has 126 valence electrons. The lowest BCUT2D eigenvalue weighted by Gasteiger charge is -2.12. The van der Waals surface area contributed by atoms with Gasteiger partial charge in [0.05, 0.1) is 25.3 Å². The topological polar surface area (TPSA) is 71.1 Å². The van der Waals surface area contributed by atoms with Crippen molar-refractivity contribution in [2.45, 2.75) is 0 Å². The molecule has 0 N–H and O–H groups in total. The number of hydrogen-bond donors (Lipinski definition) is 0. The van der Waals surface area contributed by atoms with Gasteiger partial charge in [-0.3, -0.25) is 0 Å². The van der Waals surface area contributed by atoms with E-state index in [-0.39, 0.29) is 0 Å². The molecule has 0 saturated carbocycles. The standard InChI is InChI=1S/C16H14ClO6P/c1-20-15(18)11-3-7-13(8-4-11)22-24(17)23-14-9-5-12(6-10-14)16(19)21-2/h3-10H,1-2H3. The summed E-state index contributed by atoms with van der Waals surface area (Å²) in [4.78, 5) is 22.7. The number of rotatable bonds is 6. The molecule has 6 nitrogen and oxygen atoms in total. The molecular weight excluding hydrogens is 355 g/mol. The molecule has 0 radical (unpaired) electrons. The molecule has 0 saturated heterocycles. The summed E-state index contributed by atoms with van der Waals surface area (Å²) in [6.07, 6.45) is 0. The molecule has 0 heterocycles. The molecule has 0 spiro atoms. The number of carbonyl (C=O) groups is 2. The smallest absolute Gasteiger partial charge is 0.401 e. The van der Waals surface area contributed by atoms with Crippen LogP contribution in [0.25, 0.3) is 0 Å². The average molecular weight is 369 g/mol. The SMILES string of the molecule is COC(=O)c1ccc(OP(Cl)Oc2ccc(C(=O)OC)cc2)cc1. The van der Waals surface area contributed by atoms with E-state index in [1.165, 1.54) is 14.2 Å². The molecule has 0 amide bonds. The Bertz CT molecular complexity index is 640. The Labute approximate surface area is 144 Å². The van der Waals surface area contributed by atoms with Crippen LogP contribution < -0.4 is 9.05 Å². The third kappa shape index (κ3) is 4.85. The zero-order chi connectivity index (χ0) is 17.5. The quantitative estimate of drug-likeness (QED) is 0.562. The van der Waals surface area contributed by atoms with Gasteiger partial charge in [0.1, 0.15) is 11.5 Å². The van der Waals surface area contributed by atoms with E-state index in [1.54, 1.807) is 48.5 Å². The van der Waals surface area contributed by atoms with E-state index in [9.17, 15) is 9.59 Å². The van der Waals surface area contributed by atoms with Crippen LogP contribution in [0.1, 0.15) is 20.7 Å². The molecular formula is C16H14ClO6P. The van der Waals surface area contributed by atoms with Crippen LogP contribution in [0.3, 0.4) is 0 Å². The number of carbonyl (C=O) groups excluding carboxylic acids is 2. The first-order valence-electron chi connectivity index (χ1n) is 6.72. The zero-order valence-electron chi connectivity index (χ0n) is 12.9. The van der Waals surface area contributed by atoms with Gasteiger partial charge in [0.15, 0.2) is 0 Å². The van der Waals surface area contributed by atoms with Crippen molar-refractivity contribution in [1.29, 1.82) is 0 Å². The number of methoxy groups -OCH3 is 2. The highest BCUT2D eigenvalue weighted by Gasteiger charge is 2.13. The molecule has 0 fully saturated rings. The van der Waals surface area contributed by atoms with E-state index >= 15 is 0 Å². The summed E-state index contributed by atoms with van der Waals surface area (Å²) in [5.74, 6) is 0.0400. The molecule has 2 aromatic rings. The van der Waals surface area contributed by atoms with E-state index < -0.39 is 19.7 Å². The predicted molar refractivity (Wildman–Crippen MR) is 89.6 cm³/mol. The maximum absolute atomic E-state index is 11.3. The van der Waals surface area contributed by atoms with Gasteiger partial charge in [-0.1, -0.05) is 0 Å². The van der Waals surface area contributed by atoms with Gasteiger partial charge in [0.25, 0.3) is 0 Å². The second-order valence-corrected chi connectivity index (χ2v) is 6.05. The first-order chi connectivity index (χ1) is 11.5. The van der Waals surface area contributed by atoms with Gasteiger partial charge in [0, 0.05) is 0 Å². The fraction of sp³-hybridized carbons (Fsp3) is 0.125. The molecule has 2 rings (SSSR count). The van der Waals surface area contributed by atoms with Crippen LogP contribution in [0, 0.1) is 0 Å². The average Bonchev–Trinajstić information content (AvgIpc) is 2.61. The van der Waals surface area contributed by atoms with Crippen molar-refractivity contribution in [3.63, 3.8) is 0 Å². The fourth-order valence-electron chi connectivity index (χ4n) is 1.72. The minimum atomic E-state index is -1.75. The second-order valence-electron chi connectivity index (χ2n) is 4.43. The third-order valence-corrected chi connectivity index (χ3v) is 4.03. The lowest BCUT2D eigenvalue weighted by molar-refractivity contribution is 0.0592. The van der Waals surface area contributed by atoms with Crippen molar-refractivity contribution in [1.82, 2.24) is 0 Å². The Kier molecular flexibility index (Phi) is 6.41. The van der Waals surface area contributed by atoms with Gasteiger partial charge in [-0.2, -0.15) is 0 Å². The first kappa shape index (κ1) is 18.0. The summed E-state index contributed by atoms with van der Waals surface area (Å²) < 4.78 is 20.1. The monoisotopic (exact) mass is 368 g/mol. The van der Waals surface area contributed by atoms with Gasteiger partial charge in [-0.25, -0.2) is 9.59 Å². The fourth-order valence-corrected chi connectivity index (χ4v) is 2.81. The van der Waals surface area contributed by atoms with Crippen molar-refractivity contribution in [2.75, 3.05) is 14.2 Å². The van der Waals surface area contributed by atoms with Crippen LogP contribution in [0.4, 0.5) is 0 Å². The summed E-state index contributed by atoms with van der Waals surface area (Å²) in [6.45, 7) is 0. The number of esters is 2. The molecule has 0 aliphatic carbocycles. The summed E-state index contributed by atoms with van der Waals surface area (Å²) in [6, 6.07) is 12.6. The highest BCUT2D eigenvalue weighted by Crippen LogP contribution is 2.44. The molecule has 8 heteroatoms. The van der Waals surface area contributed by atoms with Crippen molar-refractivity contribution in [3.05, 3.63) is 59.7 Å². The van der Waals surface area contributed by atoms with Crippen molar-refractivity contribution in [2.24, 2.45) is 0 Å². The van der Waals surface area contributed by atoms with Crippen LogP contribution in [-0.2, 0) is 9.47 Å². The zero-order valence-corrected chi connectivity index (χ0v) is 14.5. The van der Waals surface area contributed by atoms with Crippen molar-refractivity contribution in [3.8, 4) is 11.5 Å². The van der Waals surface area contributed by atoms with Crippen LogP contribution >= 0.6 is 19.0 Å². The maximum atomic E-state index is 11.3. The number of benzene rings is 2. The lowest BCUT2D eigenvalue weighted by Crippen LogP contribution is -2.01. The minimum absolute atomic E-state index is 0.406. The second kappa shape index (κ2) is 8.52. The van der Waals surface area contributed by atoms with E-state index in [0.29, 0.717) is 22.6 Å². The summed E-state index contributed by atoms with van der Waals surface area (Å²) in [5.41, 5.74) is 0.811. The largest absolute Gasteiger partial charge is 0.465 e. The van der Waals surface area contributed by atoms with Gasteiger partial charge >= 0.3 is 19.7 Å². The molecule has 0 aliphatic heterocycles. The molecule has 0 bridgehead atoms. The van der Waals surface area contributed by atoms with Gasteiger partial charge in [-0.05, 0) is 59.8 Å². The van der Waals surface area contributed by atoms with Crippen molar-refractivity contribution >= 4 is 30.9 Å². The van der Waals surface area contributed by atoms with E-state index in [2.05, 4.69) is 9.47 Å². The Morgan fingerprint density at radius 2 is 1.08 bits per heavy atom. The normalized spacial score (nSPS) is 10.2. The molecule has 2 aromatic carbocycles. The predicted octanol–water partition coefficient (Wildman–Crippen LogP) is 4.18. The van der Waals surface area contributed by atoms with E-state index in [0.717, 1.165) is 0 Å². The Hall–Kier alpha value is -2.30. The molecule has 0 unspecified atom stereocenters. The van der Waals surface area contributed by atoms with Crippen LogP contribution in [0.15, 0.2) is 48.5 Å². The van der Waals surface area contributed by atoms with Gasteiger partial charge < -0.3 is 18.5 Å². The Morgan fingerprint density at radius 3 is 1.38 bits per heavy atom. The van der Waals surface area contributed by atoms with Gasteiger partial charge in [-0.15, -0.1) is 0 Å². The van der Waals surface area contributed by atoms with E-state index in [1.807, 2.05) is 0 Å². The Morgan fingerprint density at radius 1 is 0.750 bits per heavy atom. The lowest BCUT2D eigenvalue weighted by atomic mass is 10.2. The van der Waals surface area contributed by atoms with Gasteiger partial charge in [0.2, 0.25) is 0 Å².